The molecule has 1 fully saturated rings. The van der Waals surface area contributed by atoms with Crippen LogP contribution in [0.2, 0.25) is 0 Å². The van der Waals surface area contributed by atoms with Crippen molar-refractivity contribution in [2.45, 2.75) is 25.6 Å². The standard InChI is InChI=1S/C7H14O3/c1-5-4-6(7(5)9)10-3-2-8/h5-9H,2-4H2,1H3. The SMILES string of the molecule is CC1CC(OCCO)C1O. The van der Waals surface area contributed by atoms with E-state index in [9.17, 15) is 5.11 Å². The maximum Gasteiger partial charge on any atom is 0.0841 e. The van der Waals surface area contributed by atoms with E-state index in [1.807, 2.05) is 6.92 Å². The van der Waals surface area contributed by atoms with E-state index in [1.165, 1.54) is 0 Å². The Kier molecular flexibility index (Phi) is 2.65. The molecule has 60 valence electrons. The summed E-state index contributed by atoms with van der Waals surface area (Å²) in [6.45, 7) is 2.37. The van der Waals surface area contributed by atoms with Crippen LogP contribution in [0.1, 0.15) is 13.3 Å². The predicted octanol–water partition coefficient (Wildman–Crippen LogP) is -0.235. The van der Waals surface area contributed by atoms with Crippen LogP contribution in [0.15, 0.2) is 0 Å². The first-order valence-electron chi connectivity index (χ1n) is 3.66. The molecule has 1 aliphatic rings. The predicted molar refractivity (Wildman–Crippen MR) is 36.6 cm³/mol. The normalized spacial score (nSPS) is 39.3. The van der Waals surface area contributed by atoms with Gasteiger partial charge in [0.15, 0.2) is 0 Å². The van der Waals surface area contributed by atoms with Crippen molar-refractivity contribution in [1.82, 2.24) is 0 Å². The lowest BCUT2D eigenvalue weighted by molar-refractivity contribution is -0.135. The van der Waals surface area contributed by atoms with Gasteiger partial charge in [0, 0.05) is 0 Å². The molecule has 10 heavy (non-hydrogen) atoms. The first kappa shape index (κ1) is 7.98. The van der Waals surface area contributed by atoms with Crippen LogP contribution in [0.5, 0.6) is 0 Å². The third kappa shape index (κ3) is 1.48. The lowest BCUT2D eigenvalue weighted by atomic mass is 9.80. The molecule has 0 spiro atoms. The average Bonchev–Trinajstić information content (AvgIpc) is 1.97. The Hall–Kier alpha value is -0.120. The molecule has 0 aromatic carbocycles. The van der Waals surface area contributed by atoms with Crippen molar-refractivity contribution in [2.24, 2.45) is 5.92 Å². The van der Waals surface area contributed by atoms with Crippen LogP contribution >= 0.6 is 0 Å². The van der Waals surface area contributed by atoms with Crippen molar-refractivity contribution in [1.29, 1.82) is 0 Å². The Labute approximate surface area is 60.6 Å². The van der Waals surface area contributed by atoms with Crippen LogP contribution in [0, 0.1) is 5.92 Å². The Bertz CT molecular complexity index is 105. The van der Waals surface area contributed by atoms with Gasteiger partial charge in [-0.1, -0.05) is 6.92 Å². The van der Waals surface area contributed by atoms with E-state index in [0.717, 1.165) is 6.42 Å². The van der Waals surface area contributed by atoms with Crippen LogP contribution in [-0.2, 0) is 4.74 Å². The third-order valence-corrected chi connectivity index (χ3v) is 1.99. The molecule has 0 aromatic rings. The van der Waals surface area contributed by atoms with Crippen molar-refractivity contribution in [3.8, 4) is 0 Å². The van der Waals surface area contributed by atoms with Crippen LogP contribution in [-0.4, -0.2) is 35.6 Å². The van der Waals surface area contributed by atoms with Crippen LogP contribution in [0.25, 0.3) is 0 Å². The topological polar surface area (TPSA) is 49.7 Å². The molecule has 0 radical (unpaired) electrons. The molecule has 0 saturated heterocycles. The quantitative estimate of drug-likeness (QED) is 0.578. The molecule has 3 heteroatoms. The van der Waals surface area contributed by atoms with E-state index < -0.39 is 0 Å². The smallest absolute Gasteiger partial charge is 0.0841 e. The summed E-state index contributed by atoms with van der Waals surface area (Å²) in [5.41, 5.74) is 0. The van der Waals surface area contributed by atoms with Gasteiger partial charge in [0.05, 0.1) is 25.4 Å². The number of aliphatic hydroxyl groups excluding tert-OH is 2. The maximum absolute atomic E-state index is 9.20. The molecule has 0 aliphatic heterocycles. The number of hydrogen-bond acceptors (Lipinski definition) is 3. The number of rotatable bonds is 3. The molecule has 0 bridgehead atoms. The van der Waals surface area contributed by atoms with Gasteiger partial charge < -0.3 is 14.9 Å². The summed E-state index contributed by atoms with van der Waals surface area (Å²) in [6.07, 6.45) is 0.579. The minimum Gasteiger partial charge on any atom is -0.394 e. The van der Waals surface area contributed by atoms with Gasteiger partial charge >= 0.3 is 0 Å². The molecule has 0 heterocycles. The zero-order chi connectivity index (χ0) is 7.56. The molecule has 2 N–H and O–H groups in total. The van der Waals surface area contributed by atoms with Gasteiger partial charge in [0.1, 0.15) is 0 Å². The fourth-order valence-corrected chi connectivity index (χ4v) is 1.19. The average molecular weight is 146 g/mol. The summed E-state index contributed by atoms with van der Waals surface area (Å²) < 4.78 is 5.11. The molecule has 0 amide bonds. The van der Waals surface area contributed by atoms with Gasteiger partial charge in [-0.15, -0.1) is 0 Å². The van der Waals surface area contributed by atoms with E-state index in [-0.39, 0.29) is 18.8 Å². The zero-order valence-electron chi connectivity index (χ0n) is 6.16. The van der Waals surface area contributed by atoms with Crippen molar-refractivity contribution < 1.29 is 14.9 Å². The monoisotopic (exact) mass is 146 g/mol. The van der Waals surface area contributed by atoms with Crippen molar-refractivity contribution in [3.63, 3.8) is 0 Å². The Morgan fingerprint density at radius 3 is 2.70 bits per heavy atom. The highest BCUT2D eigenvalue weighted by molar-refractivity contribution is 4.87. The van der Waals surface area contributed by atoms with E-state index in [0.29, 0.717) is 12.5 Å². The van der Waals surface area contributed by atoms with Gasteiger partial charge in [0.2, 0.25) is 0 Å². The number of hydrogen-bond donors (Lipinski definition) is 2. The second-order valence-corrected chi connectivity index (χ2v) is 2.84. The van der Waals surface area contributed by atoms with E-state index >= 15 is 0 Å². The fraction of sp³-hybridized carbons (Fsp3) is 1.00. The van der Waals surface area contributed by atoms with Crippen molar-refractivity contribution in [2.75, 3.05) is 13.2 Å². The Morgan fingerprint density at radius 1 is 1.60 bits per heavy atom. The van der Waals surface area contributed by atoms with Gasteiger partial charge in [-0.05, 0) is 12.3 Å². The second-order valence-electron chi connectivity index (χ2n) is 2.84. The third-order valence-electron chi connectivity index (χ3n) is 1.99. The lowest BCUT2D eigenvalue weighted by Crippen LogP contribution is -2.46. The summed E-state index contributed by atoms with van der Waals surface area (Å²) in [5.74, 6) is 0.365. The van der Waals surface area contributed by atoms with Gasteiger partial charge in [-0.25, -0.2) is 0 Å². The minimum absolute atomic E-state index is 0.0258. The Morgan fingerprint density at radius 2 is 2.30 bits per heavy atom. The highest BCUT2D eigenvalue weighted by Gasteiger charge is 2.36. The van der Waals surface area contributed by atoms with Crippen LogP contribution < -0.4 is 0 Å². The Balaban J connectivity index is 2.08. The maximum atomic E-state index is 9.20. The molecule has 1 saturated carbocycles. The zero-order valence-corrected chi connectivity index (χ0v) is 6.16. The molecular formula is C7H14O3. The highest BCUT2D eigenvalue weighted by Crippen LogP contribution is 2.29. The number of ether oxygens (including phenoxy) is 1. The molecule has 0 aromatic heterocycles. The molecule has 3 nitrogen and oxygen atoms in total. The van der Waals surface area contributed by atoms with E-state index in [1.54, 1.807) is 0 Å². The van der Waals surface area contributed by atoms with Crippen molar-refractivity contribution >= 4 is 0 Å². The molecule has 3 unspecified atom stereocenters. The molecule has 1 rings (SSSR count). The number of aliphatic hydroxyl groups is 2. The minimum atomic E-state index is -0.313. The van der Waals surface area contributed by atoms with Crippen molar-refractivity contribution in [3.05, 3.63) is 0 Å². The second kappa shape index (κ2) is 3.32. The van der Waals surface area contributed by atoms with Gasteiger partial charge in [-0.3, -0.25) is 0 Å². The molecule has 3 atom stereocenters. The summed E-state index contributed by atoms with van der Waals surface area (Å²) in [7, 11) is 0. The molecular weight excluding hydrogens is 132 g/mol. The van der Waals surface area contributed by atoms with E-state index in [4.69, 9.17) is 9.84 Å². The fourth-order valence-electron chi connectivity index (χ4n) is 1.19. The summed E-state index contributed by atoms with van der Waals surface area (Å²) in [6, 6.07) is 0. The molecule has 1 aliphatic carbocycles. The summed E-state index contributed by atoms with van der Waals surface area (Å²) in [4.78, 5) is 0. The summed E-state index contributed by atoms with van der Waals surface area (Å²) >= 11 is 0. The highest BCUT2D eigenvalue weighted by atomic mass is 16.5. The van der Waals surface area contributed by atoms with E-state index in [2.05, 4.69) is 0 Å². The summed E-state index contributed by atoms with van der Waals surface area (Å²) in [5, 5.41) is 17.6. The largest absolute Gasteiger partial charge is 0.394 e. The van der Waals surface area contributed by atoms with Gasteiger partial charge in [-0.2, -0.15) is 0 Å². The first-order chi connectivity index (χ1) is 4.75. The first-order valence-corrected chi connectivity index (χ1v) is 3.66. The van der Waals surface area contributed by atoms with Crippen LogP contribution in [0.4, 0.5) is 0 Å². The lowest BCUT2D eigenvalue weighted by Gasteiger charge is -2.38. The van der Waals surface area contributed by atoms with Gasteiger partial charge in [0.25, 0.3) is 0 Å². The van der Waals surface area contributed by atoms with Crippen LogP contribution in [0.3, 0.4) is 0 Å².